The van der Waals surface area contributed by atoms with Crippen LogP contribution in [0.1, 0.15) is 50.8 Å². The number of benzene rings is 1. The molecule has 0 bridgehead atoms. The van der Waals surface area contributed by atoms with Gasteiger partial charge in [-0.15, -0.1) is 0 Å². The highest BCUT2D eigenvalue weighted by molar-refractivity contribution is 6.04. The maximum absolute atomic E-state index is 12.0. The third kappa shape index (κ3) is 5.90. The minimum absolute atomic E-state index is 0.0835. The number of amidine groups is 2. The number of nitrogens with two attached hydrogens (primary N) is 1. The van der Waals surface area contributed by atoms with Gasteiger partial charge in [-0.25, -0.2) is 9.98 Å². The zero-order chi connectivity index (χ0) is 25.1. The number of hydrogen-bond acceptors (Lipinski definition) is 5. The molecule has 9 nitrogen and oxygen atoms in total. The maximum atomic E-state index is 12.0. The highest BCUT2D eigenvalue weighted by Gasteiger charge is 2.25. The number of likely N-dealkylation sites (tertiary alicyclic amines) is 1. The molecule has 0 aliphatic carbocycles. The van der Waals surface area contributed by atoms with Crippen molar-refractivity contribution in [2.45, 2.75) is 52.1 Å². The molecule has 0 saturated carbocycles. The minimum Gasteiger partial charge on any atom is -0.491 e. The number of carbonyl (C=O) groups is 1. The molecule has 2 aromatic rings. The molecule has 0 spiro atoms. The number of aliphatic imine (C=N–C) groups is 2. The fraction of sp³-hybridized carbons (Fsp3) is 0.538. The van der Waals surface area contributed by atoms with Crippen LogP contribution in [0, 0.1) is 0 Å². The molecule has 188 valence electrons. The Morgan fingerprint density at radius 1 is 1.26 bits per heavy atom. The van der Waals surface area contributed by atoms with Gasteiger partial charge in [-0.05, 0) is 70.3 Å². The van der Waals surface area contributed by atoms with E-state index in [0.717, 1.165) is 48.8 Å². The summed E-state index contributed by atoms with van der Waals surface area (Å²) in [6, 6.07) is 6.58. The fourth-order valence-electron chi connectivity index (χ4n) is 4.58. The molecule has 1 fully saturated rings. The summed E-state index contributed by atoms with van der Waals surface area (Å²) in [7, 11) is 3.62. The molecule has 9 heteroatoms. The highest BCUT2D eigenvalue weighted by Crippen LogP contribution is 2.37. The Hall–Kier alpha value is -3.20. The van der Waals surface area contributed by atoms with Crippen LogP contribution in [0.15, 0.2) is 34.4 Å². The van der Waals surface area contributed by atoms with Gasteiger partial charge < -0.3 is 19.9 Å². The van der Waals surface area contributed by atoms with Crippen LogP contribution in [-0.4, -0.2) is 83.3 Å². The summed E-state index contributed by atoms with van der Waals surface area (Å²) in [5.74, 6) is 3.35. The van der Waals surface area contributed by atoms with Gasteiger partial charge in [0, 0.05) is 26.3 Å². The molecule has 1 aromatic heterocycles. The SMILES string of the molecule is CC(N)=NC(=NC(C)C)c1cn2c(n1)-c1ccc(C3CCN(CC(=O)N(C)C)CC3)cc1OCC2. The Bertz CT molecular complexity index is 1120. The molecular weight excluding hydrogens is 442 g/mol. The topological polar surface area (TPSA) is 101 Å². The van der Waals surface area contributed by atoms with E-state index in [1.165, 1.54) is 5.56 Å². The summed E-state index contributed by atoms with van der Waals surface area (Å²) >= 11 is 0. The molecule has 1 amide bonds. The summed E-state index contributed by atoms with van der Waals surface area (Å²) in [6.07, 6.45) is 4.05. The third-order valence-electron chi connectivity index (χ3n) is 6.42. The smallest absolute Gasteiger partial charge is 0.236 e. The second-order valence-corrected chi connectivity index (χ2v) is 9.89. The van der Waals surface area contributed by atoms with Crippen LogP contribution in [0.3, 0.4) is 0 Å². The molecule has 2 aliphatic rings. The van der Waals surface area contributed by atoms with Crippen molar-refractivity contribution in [3.05, 3.63) is 35.7 Å². The molecule has 0 radical (unpaired) electrons. The second-order valence-electron chi connectivity index (χ2n) is 9.89. The van der Waals surface area contributed by atoms with Gasteiger partial charge in [-0.2, -0.15) is 0 Å². The van der Waals surface area contributed by atoms with Crippen molar-refractivity contribution in [3.8, 4) is 17.1 Å². The molecule has 35 heavy (non-hydrogen) atoms. The summed E-state index contributed by atoms with van der Waals surface area (Å²) in [5, 5.41) is 0. The van der Waals surface area contributed by atoms with Gasteiger partial charge in [0.2, 0.25) is 5.91 Å². The van der Waals surface area contributed by atoms with Crippen LogP contribution in [0.5, 0.6) is 5.75 Å². The molecule has 1 aromatic carbocycles. The summed E-state index contributed by atoms with van der Waals surface area (Å²) in [6.45, 7) is 9.39. The van der Waals surface area contributed by atoms with E-state index in [-0.39, 0.29) is 11.9 Å². The number of fused-ring (bicyclic) bond motifs is 3. The maximum Gasteiger partial charge on any atom is 0.236 e. The Morgan fingerprint density at radius 2 is 2.00 bits per heavy atom. The van der Waals surface area contributed by atoms with Crippen LogP contribution < -0.4 is 10.5 Å². The van der Waals surface area contributed by atoms with Crippen molar-refractivity contribution in [3.63, 3.8) is 0 Å². The van der Waals surface area contributed by atoms with Crippen LogP contribution in [0.2, 0.25) is 0 Å². The standard InChI is InChI=1S/C26H37N7O2/c1-17(2)28-25(29-18(3)27)22-15-33-12-13-35-23-14-20(6-7-21(23)26(33)30-22)19-8-10-32(11-9-19)16-24(34)31(4)5/h6-7,14-15,17,19H,8-13,16H2,1-5H3,(H2,27,28,29). The molecule has 0 atom stereocenters. The molecule has 2 N–H and O–H groups in total. The van der Waals surface area contributed by atoms with Crippen molar-refractivity contribution >= 4 is 17.6 Å². The van der Waals surface area contributed by atoms with Gasteiger partial charge in [0.1, 0.15) is 23.9 Å². The number of likely N-dealkylation sites (N-methyl/N-ethyl adjacent to an activating group) is 1. The lowest BCUT2D eigenvalue weighted by Crippen LogP contribution is -2.40. The number of imidazole rings is 1. The van der Waals surface area contributed by atoms with Crippen LogP contribution in [-0.2, 0) is 11.3 Å². The van der Waals surface area contributed by atoms with Crippen LogP contribution in [0.25, 0.3) is 11.4 Å². The van der Waals surface area contributed by atoms with Crippen LogP contribution >= 0.6 is 0 Å². The Balaban J connectivity index is 1.55. The second kappa shape index (κ2) is 10.6. The molecule has 3 heterocycles. The van der Waals surface area contributed by atoms with Gasteiger partial charge in [0.15, 0.2) is 5.84 Å². The van der Waals surface area contributed by atoms with E-state index in [4.69, 9.17) is 15.5 Å². The van der Waals surface area contributed by atoms with Crippen LogP contribution in [0.4, 0.5) is 0 Å². The minimum atomic E-state index is 0.0835. The third-order valence-corrected chi connectivity index (χ3v) is 6.42. The van der Waals surface area contributed by atoms with Crippen molar-refractivity contribution in [1.82, 2.24) is 19.4 Å². The van der Waals surface area contributed by atoms with E-state index in [9.17, 15) is 4.79 Å². The first-order valence-electron chi connectivity index (χ1n) is 12.4. The molecule has 4 rings (SSSR count). The first kappa shape index (κ1) is 24.9. The Kier molecular flexibility index (Phi) is 7.54. The van der Waals surface area contributed by atoms with Crippen molar-refractivity contribution in [2.24, 2.45) is 15.7 Å². The number of nitrogens with zero attached hydrogens (tertiary/aromatic N) is 6. The van der Waals surface area contributed by atoms with Gasteiger partial charge in [0.25, 0.3) is 0 Å². The number of rotatable bonds is 5. The number of ether oxygens (including phenoxy) is 1. The lowest BCUT2D eigenvalue weighted by Gasteiger charge is -2.32. The average Bonchev–Trinajstić information content (AvgIpc) is 3.15. The van der Waals surface area contributed by atoms with E-state index in [1.54, 1.807) is 11.8 Å². The Morgan fingerprint density at radius 3 is 2.66 bits per heavy atom. The van der Waals surface area contributed by atoms with E-state index >= 15 is 0 Å². The monoisotopic (exact) mass is 479 g/mol. The first-order valence-corrected chi connectivity index (χ1v) is 12.4. The molecule has 2 aliphatic heterocycles. The number of carbonyl (C=O) groups excluding carboxylic acids is 1. The van der Waals surface area contributed by atoms with Gasteiger partial charge >= 0.3 is 0 Å². The molecule has 0 unspecified atom stereocenters. The summed E-state index contributed by atoms with van der Waals surface area (Å²) in [4.78, 5) is 29.9. The molecular formula is C26H37N7O2. The quantitative estimate of drug-likeness (QED) is 0.525. The Labute approximate surface area is 207 Å². The summed E-state index contributed by atoms with van der Waals surface area (Å²) < 4.78 is 8.26. The summed E-state index contributed by atoms with van der Waals surface area (Å²) in [5.41, 5.74) is 8.83. The van der Waals surface area contributed by atoms with Crippen molar-refractivity contribution < 1.29 is 9.53 Å². The van der Waals surface area contributed by atoms with Gasteiger partial charge in [-0.1, -0.05) is 6.07 Å². The predicted molar refractivity (Wildman–Crippen MR) is 139 cm³/mol. The largest absolute Gasteiger partial charge is 0.491 e. The lowest BCUT2D eigenvalue weighted by molar-refractivity contribution is -0.130. The normalized spacial score (nSPS) is 17.5. The fourth-order valence-corrected chi connectivity index (χ4v) is 4.58. The number of hydrogen-bond donors (Lipinski definition) is 1. The van der Waals surface area contributed by atoms with E-state index in [0.29, 0.717) is 37.3 Å². The van der Waals surface area contributed by atoms with Gasteiger partial charge in [0.05, 0.1) is 24.5 Å². The average molecular weight is 480 g/mol. The highest BCUT2D eigenvalue weighted by atomic mass is 16.5. The van der Waals surface area contributed by atoms with E-state index < -0.39 is 0 Å². The predicted octanol–water partition coefficient (Wildman–Crippen LogP) is 2.74. The van der Waals surface area contributed by atoms with E-state index in [2.05, 4.69) is 37.7 Å². The zero-order valence-electron chi connectivity index (χ0n) is 21.5. The van der Waals surface area contributed by atoms with E-state index in [1.807, 2.05) is 34.1 Å². The number of piperidine rings is 1. The lowest BCUT2D eigenvalue weighted by atomic mass is 9.88. The zero-order valence-corrected chi connectivity index (χ0v) is 21.5. The number of amides is 1. The van der Waals surface area contributed by atoms with Crippen molar-refractivity contribution in [1.29, 1.82) is 0 Å². The van der Waals surface area contributed by atoms with Gasteiger partial charge in [-0.3, -0.25) is 14.7 Å². The number of aromatic nitrogens is 2. The molecule has 1 saturated heterocycles. The first-order chi connectivity index (χ1) is 16.7. The van der Waals surface area contributed by atoms with Crippen molar-refractivity contribution in [2.75, 3.05) is 40.3 Å².